The van der Waals surface area contributed by atoms with Crippen molar-refractivity contribution in [3.63, 3.8) is 0 Å². The molecular formula is C10H18N2O5. The molecule has 0 saturated carbocycles. The molecule has 7 heteroatoms. The molecule has 17 heavy (non-hydrogen) atoms. The molecule has 1 amide bonds. The van der Waals surface area contributed by atoms with Crippen LogP contribution in [0.25, 0.3) is 0 Å². The fraction of sp³-hybridized carbons (Fsp3) is 0.700. The topological polar surface area (TPSA) is 116 Å². The third kappa shape index (κ3) is 12.3. The summed E-state index contributed by atoms with van der Waals surface area (Å²) in [6.45, 7) is 2.17. The van der Waals surface area contributed by atoms with Crippen molar-refractivity contribution < 1.29 is 24.6 Å². The Kier molecular flexibility index (Phi) is 8.67. The molecule has 1 fully saturated rings. The van der Waals surface area contributed by atoms with Crippen molar-refractivity contribution in [2.24, 2.45) is 0 Å². The molecule has 0 aliphatic carbocycles. The summed E-state index contributed by atoms with van der Waals surface area (Å²) in [5, 5.41) is 21.9. The summed E-state index contributed by atoms with van der Waals surface area (Å²) in [4.78, 5) is 30.1. The van der Waals surface area contributed by atoms with Crippen LogP contribution >= 0.6 is 0 Å². The maximum atomic E-state index is 10.3. The van der Waals surface area contributed by atoms with E-state index in [0.717, 1.165) is 13.1 Å². The number of hydrogen-bond acceptors (Lipinski definition) is 4. The van der Waals surface area contributed by atoms with E-state index in [4.69, 9.17) is 10.2 Å². The van der Waals surface area contributed by atoms with E-state index in [1.165, 1.54) is 0 Å². The summed E-state index contributed by atoms with van der Waals surface area (Å²) in [5.41, 5.74) is 0. The average Bonchev–Trinajstić information content (AvgIpc) is 2.26. The minimum absolute atomic E-state index is 0.0628. The molecule has 1 rings (SSSR count). The summed E-state index contributed by atoms with van der Waals surface area (Å²) in [5.74, 6) is -1.64. The molecule has 4 N–H and O–H groups in total. The summed E-state index contributed by atoms with van der Waals surface area (Å²) < 4.78 is 0. The maximum Gasteiger partial charge on any atom is 0.303 e. The molecular weight excluding hydrogens is 228 g/mol. The number of carboxylic acids is 2. The van der Waals surface area contributed by atoms with Crippen LogP contribution in [-0.4, -0.2) is 47.7 Å². The Morgan fingerprint density at radius 3 is 1.82 bits per heavy atom. The second-order valence-corrected chi connectivity index (χ2v) is 3.52. The SMILES string of the molecule is O=C(O)CCCCC(=O)O.O=C1CNCCN1. The smallest absolute Gasteiger partial charge is 0.303 e. The number of unbranched alkanes of at least 4 members (excludes halogenated alkanes) is 1. The number of amides is 1. The molecule has 7 nitrogen and oxygen atoms in total. The lowest BCUT2D eigenvalue weighted by Gasteiger charge is -2.11. The third-order valence-electron chi connectivity index (χ3n) is 1.94. The van der Waals surface area contributed by atoms with Crippen LogP contribution in [0.5, 0.6) is 0 Å². The van der Waals surface area contributed by atoms with Crippen LogP contribution in [-0.2, 0) is 14.4 Å². The first-order valence-electron chi connectivity index (χ1n) is 5.43. The van der Waals surface area contributed by atoms with Crippen LogP contribution in [0.3, 0.4) is 0 Å². The van der Waals surface area contributed by atoms with Crippen molar-refractivity contribution in [2.45, 2.75) is 25.7 Å². The number of rotatable bonds is 5. The standard InChI is InChI=1S/C6H10O4.C4H8N2O/c7-5(8)3-1-2-4-6(9)10;7-4-3-5-1-2-6-4/h1-4H2,(H,7,8)(H,9,10);5H,1-3H2,(H,6,7). The van der Waals surface area contributed by atoms with Crippen molar-refractivity contribution in [1.29, 1.82) is 0 Å². The Morgan fingerprint density at radius 2 is 1.59 bits per heavy atom. The molecule has 0 bridgehead atoms. The van der Waals surface area contributed by atoms with Crippen LogP contribution in [0.4, 0.5) is 0 Å². The molecule has 0 aromatic heterocycles. The van der Waals surface area contributed by atoms with E-state index in [0.29, 0.717) is 19.4 Å². The van der Waals surface area contributed by atoms with Crippen molar-refractivity contribution >= 4 is 17.8 Å². The minimum Gasteiger partial charge on any atom is -0.481 e. The Balaban J connectivity index is 0.000000318. The van der Waals surface area contributed by atoms with E-state index >= 15 is 0 Å². The molecule has 1 saturated heterocycles. The number of carbonyl (C=O) groups excluding carboxylic acids is 1. The highest BCUT2D eigenvalue weighted by Gasteiger charge is 2.02. The second-order valence-electron chi connectivity index (χ2n) is 3.52. The summed E-state index contributed by atoms with van der Waals surface area (Å²) in [6, 6.07) is 0. The van der Waals surface area contributed by atoms with Crippen LogP contribution < -0.4 is 10.6 Å². The largest absolute Gasteiger partial charge is 0.481 e. The zero-order chi connectivity index (χ0) is 13.1. The molecule has 0 atom stereocenters. The van der Waals surface area contributed by atoms with Gasteiger partial charge in [0, 0.05) is 25.9 Å². The van der Waals surface area contributed by atoms with E-state index in [-0.39, 0.29) is 18.7 Å². The summed E-state index contributed by atoms with van der Waals surface area (Å²) >= 11 is 0. The van der Waals surface area contributed by atoms with Crippen LogP contribution in [0.15, 0.2) is 0 Å². The highest BCUT2D eigenvalue weighted by Crippen LogP contribution is 1.98. The van der Waals surface area contributed by atoms with E-state index in [2.05, 4.69) is 10.6 Å². The Hall–Kier alpha value is -1.63. The lowest BCUT2D eigenvalue weighted by molar-refractivity contribution is -0.139. The third-order valence-corrected chi connectivity index (χ3v) is 1.94. The van der Waals surface area contributed by atoms with Gasteiger partial charge in [-0.15, -0.1) is 0 Å². The van der Waals surface area contributed by atoms with E-state index < -0.39 is 11.9 Å². The normalized spacial score (nSPS) is 14.2. The van der Waals surface area contributed by atoms with Gasteiger partial charge in [0.05, 0.1) is 6.54 Å². The van der Waals surface area contributed by atoms with Gasteiger partial charge in [0.25, 0.3) is 0 Å². The lowest BCUT2D eigenvalue weighted by Crippen LogP contribution is -2.44. The van der Waals surface area contributed by atoms with Gasteiger partial charge in [-0.2, -0.15) is 0 Å². The van der Waals surface area contributed by atoms with Crippen molar-refractivity contribution in [1.82, 2.24) is 10.6 Å². The van der Waals surface area contributed by atoms with Gasteiger partial charge in [-0.05, 0) is 12.8 Å². The van der Waals surface area contributed by atoms with Gasteiger partial charge in [-0.1, -0.05) is 0 Å². The Labute approximate surface area is 99.2 Å². The minimum atomic E-state index is -0.870. The molecule has 0 aromatic rings. The molecule has 0 radical (unpaired) electrons. The van der Waals surface area contributed by atoms with Gasteiger partial charge in [0.1, 0.15) is 0 Å². The summed E-state index contributed by atoms with van der Waals surface area (Å²) in [7, 11) is 0. The predicted octanol–water partition coefficient (Wildman–Crippen LogP) is -0.578. The number of nitrogens with one attached hydrogen (secondary N) is 2. The number of hydrogen-bond donors (Lipinski definition) is 4. The fourth-order valence-corrected chi connectivity index (χ4v) is 1.11. The van der Waals surface area contributed by atoms with Crippen molar-refractivity contribution in [2.75, 3.05) is 19.6 Å². The molecule has 1 heterocycles. The van der Waals surface area contributed by atoms with Gasteiger partial charge < -0.3 is 20.8 Å². The maximum absolute atomic E-state index is 10.3. The van der Waals surface area contributed by atoms with Gasteiger partial charge in [-0.3, -0.25) is 14.4 Å². The molecule has 0 unspecified atom stereocenters. The summed E-state index contributed by atoms with van der Waals surface area (Å²) in [6.07, 6.45) is 1.02. The van der Waals surface area contributed by atoms with Crippen LogP contribution in [0, 0.1) is 0 Å². The lowest BCUT2D eigenvalue weighted by atomic mass is 10.2. The Bertz CT molecular complexity index is 243. The van der Waals surface area contributed by atoms with Gasteiger partial charge >= 0.3 is 11.9 Å². The molecule has 1 aliphatic rings. The first-order chi connectivity index (χ1) is 8.02. The number of piperazine rings is 1. The second kappa shape index (κ2) is 9.59. The highest BCUT2D eigenvalue weighted by molar-refractivity contribution is 5.78. The van der Waals surface area contributed by atoms with Crippen molar-refractivity contribution in [3.05, 3.63) is 0 Å². The molecule has 1 aliphatic heterocycles. The monoisotopic (exact) mass is 246 g/mol. The molecule has 0 aromatic carbocycles. The number of carboxylic acid groups (broad SMARTS) is 2. The average molecular weight is 246 g/mol. The van der Waals surface area contributed by atoms with Crippen LogP contribution in [0.1, 0.15) is 25.7 Å². The van der Waals surface area contributed by atoms with E-state index in [1.54, 1.807) is 0 Å². The molecule has 98 valence electrons. The number of aliphatic carboxylic acids is 2. The zero-order valence-corrected chi connectivity index (χ0v) is 9.57. The van der Waals surface area contributed by atoms with E-state index in [9.17, 15) is 14.4 Å². The quantitative estimate of drug-likeness (QED) is 0.482. The first kappa shape index (κ1) is 15.4. The zero-order valence-electron chi connectivity index (χ0n) is 9.57. The fourth-order valence-electron chi connectivity index (χ4n) is 1.11. The van der Waals surface area contributed by atoms with Gasteiger partial charge in [0.2, 0.25) is 5.91 Å². The Morgan fingerprint density at radius 1 is 1.06 bits per heavy atom. The van der Waals surface area contributed by atoms with E-state index in [1.807, 2.05) is 0 Å². The van der Waals surface area contributed by atoms with Crippen LogP contribution in [0.2, 0.25) is 0 Å². The first-order valence-corrected chi connectivity index (χ1v) is 5.43. The van der Waals surface area contributed by atoms with Gasteiger partial charge in [0.15, 0.2) is 0 Å². The molecule has 0 spiro atoms. The van der Waals surface area contributed by atoms with Gasteiger partial charge in [-0.25, -0.2) is 0 Å². The predicted molar refractivity (Wildman–Crippen MR) is 59.6 cm³/mol. The van der Waals surface area contributed by atoms with Crippen molar-refractivity contribution in [3.8, 4) is 0 Å². The highest BCUT2D eigenvalue weighted by atomic mass is 16.4. The number of carbonyl (C=O) groups is 3.